The molecule has 10 heteroatoms. The first-order valence-electron chi connectivity index (χ1n) is 13.1. The molecule has 2 bridgehead atoms. The van der Waals surface area contributed by atoms with Crippen LogP contribution >= 0.6 is 0 Å². The third-order valence-corrected chi connectivity index (χ3v) is 8.32. The number of carbonyl (C=O) groups excluding carboxylic acids is 4. The lowest BCUT2D eigenvalue weighted by molar-refractivity contribution is -0.908. The summed E-state index contributed by atoms with van der Waals surface area (Å²) in [5.41, 5.74) is 0.352. The molecule has 2 aliphatic carbocycles. The van der Waals surface area contributed by atoms with Gasteiger partial charge in [-0.1, -0.05) is 36.4 Å². The minimum Gasteiger partial charge on any atom is -0.459 e. The van der Waals surface area contributed by atoms with Crippen molar-refractivity contribution in [1.29, 1.82) is 0 Å². The maximum Gasteiger partial charge on any atom is 0.344 e. The molecule has 2 aliphatic heterocycles. The van der Waals surface area contributed by atoms with Crippen molar-refractivity contribution >= 4 is 34.6 Å². The zero-order valence-corrected chi connectivity index (χ0v) is 20.8. The van der Waals surface area contributed by atoms with Crippen LogP contribution in [0.15, 0.2) is 42.5 Å². The third-order valence-electron chi connectivity index (χ3n) is 8.32. The number of carbonyl (C=O) groups is 4. The minimum absolute atomic E-state index is 0.189. The number of rotatable bonds is 8. The lowest BCUT2D eigenvalue weighted by atomic mass is 9.78. The number of ether oxygens (including phenoxy) is 5. The Kier molecular flexibility index (Phi) is 6.75. The van der Waals surface area contributed by atoms with Crippen molar-refractivity contribution in [3.05, 3.63) is 48.0 Å². The summed E-state index contributed by atoms with van der Waals surface area (Å²) in [6.07, 6.45) is -0.811. The van der Waals surface area contributed by atoms with Crippen molar-refractivity contribution in [1.82, 2.24) is 0 Å². The van der Waals surface area contributed by atoms with E-state index in [0.717, 1.165) is 23.9 Å². The van der Waals surface area contributed by atoms with Crippen LogP contribution in [0.3, 0.4) is 0 Å². The van der Waals surface area contributed by atoms with E-state index in [0.29, 0.717) is 31.7 Å². The smallest absolute Gasteiger partial charge is 0.344 e. The molecule has 1 N–H and O–H groups in total. The van der Waals surface area contributed by atoms with Crippen molar-refractivity contribution in [2.24, 2.45) is 23.7 Å². The van der Waals surface area contributed by atoms with E-state index in [1.807, 2.05) is 30.3 Å². The Morgan fingerprint density at radius 3 is 2.61 bits per heavy atom. The number of hydrogen-bond donors (Lipinski definition) is 1. The SMILES string of the molecule is O=C(COC(=O)c1cccc2ccccc12)OC1C2CC3C1OC(=O)C3C2C(=O)OCC[NH+]1CCOCC1. The first kappa shape index (κ1) is 24.8. The molecule has 6 atom stereocenters. The fraction of sp³-hybridized carbons (Fsp3) is 0.500. The molecule has 6 rings (SSSR count). The Bertz CT molecular complexity index is 1250. The van der Waals surface area contributed by atoms with Gasteiger partial charge in [0.15, 0.2) is 6.61 Å². The Labute approximate surface area is 219 Å². The summed E-state index contributed by atoms with van der Waals surface area (Å²) >= 11 is 0. The van der Waals surface area contributed by atoms with Gasteiger partial charge < -0.3 is 28.6 Å². The average Bonchev–Trinajstić information content (AvgIpc) is 3.56. The second kappa shape index (κ2) is 10.3. The Morgan fingerprint density at radius 2 is 1.76 bits per heavy atom. The van der Waals surface area contributed by atoms with Crippen LogP contribution in [-0.4, -0.2) is 82.1 Å². The van der Waals surface area contributed by atoms with Crippen LogP contribution in [-0.2, 0) is 38.1 Å². The molecule has 0 aromatic heterocycles. The molecule has 4 fully saturated rings. The second-order valence-corrected chi connectivity index (χ2v) is 10.4. The van der Waals surface area contributed by atoms with Gasteiger partial charge in [-0.05, 0) is 23.3 Å². The number of esters is 4. The Hall–Kier alpha value is -3.50. The van der Waals surface area contributed by atoms with E-state index in [2.05, 4.69) is 0 Å². The Balaban J connectivity index is 1.06. The third kappa shape index (κ3) is 4.52. The summed E-state index contributed by atoms with van der Waals surface area (Å²) in [5.74, 6) is -4.11. The fourth-order valence-corrected chi connectivity index (χ4v) is 6.56. The van der Waals surface area contributed by atoms with Crippen LogP contribution in [0.2, 0.25) is 0 Å². The summed E-state index contributed by atoms with van der Waals surface area (Å²) in [4.78, 5) is 52.3. The van der Waals surface area contributed by atoms with Gasteiger partial charge in [-0.15, -0.1) is 0 Å². The molecule has 10 nitrogen and oxygen atoms in total. The van der Waals surface area contributed by atoms with Gasteiger partial charge in [-0.3, -0.25) is 9.59 Å². The first-order valence-corrected chi connectivity index (χ1v) is 13.1. The number of quaternary nitrogens is 1. The minimum atomic E-state index is -0.770. The van der Waals surface area contributed by atoms with E-state index in [1.165, 1.54) is 4.90 Å². The maximum absolute atomic E-state index is 13.0. The van der Waals surface area contributed by atoms with E-state index >= 15 is 0 Å². The summed E-state index contributed by atoms with van der Waals surface area (Å²) in [6.45, 7) is 3.45. The number of hydrogen-bond acceptors (Lipinski definition) is 9. The van der Waals surface area contributed by atoms with Gasteiger partial charge >= 0.3 is 23.9 Å². The molecular weight excluding hydrogens is 494 g/mol. The molecule has 2 heterocycles. The molecular formula is C28H30NO9+. The summed E-state index contributed by atoms with van der Waals surface area (Å²) < 4.78 is 27.4. The molecule has 200 valence electrons. The summed E-state index contributed by atoms with van der Waals surface area (Å²) in [6, 6.07) is 12.7. The van der Waals surface area contributed by atoms with Gasteiger partial charge in [0, 0.05) is 11.8 Å². The van der Waals surface area contributed by atoms with Crippen molar-refractivity contribution in [2.75, 3.05) is 46.1 Å². The van der Waals surface area contributed by atoms with Crippen LogP contribution in [0, 0.1) is 23.7 Å². The average molecular weight is 525 g/mol. The van der Waals surface area contributed by atoms with Crippen molar-refractivity contribution < 1.29 is 47.8 Å². The number of benzene rings is 2. The van der Waals surface area contributed by atoms with Crippen molar-refractivity contribution in [2.45, 2.75) is 18.6 Å². The molecule has 2 aromatic carbocycles. The molecule has 2 saturated carbocycles. The largest absolute Gasteiger partial charge is 0.459 e. The molecule has 0 amide bonds. The predicted molar refractivity (Wildman–Crippen MR) is 130 cm³/mol. The first-order chi connectivity index (χ1) is 18.5. The standard InChI is InChI=1S/C28H29NO9/c30-21(15-36-26(31)18-7-3-5-16-4-1-2-6-17(16)18)37-24-19-14-20-23(28(33)38-25(20)24)22(19)27(32)35-13-10-29-8-11-34-12-9-29/h1-7,19-20,22-25H,8-15H2/p+1. The molecule has 0 spiro atoms. The molecule has 2 aromatic rings. The number of fused-ring (bicyclic) bond motifs is 2. The summed E-state index contributed by atoms with van der Waals surface area (Å²) in [5, 5.41) is 1.61. The van der Waals surface area contributed by atoms with Crippen molar-refractivity contribution in [3.8, 4) is 0 Å². The molecule has 6 unspecified atom stereocenters. The van der Waals surface area contributed by atoms with Crippen molar-refractivity contribution in [3.63, 3.8) is 0 Å². The van der Waals surface area contributed by atoms with Gasteiger partial charge in [-0.2, -0.15) is 0 Å². The van der Waals surface area contributed by atoms with Gasteiger partial charge in [0.05, 0.1) is 30.6 Å². The molecule has 38 heavy (non-hydrogen) atoms. The highest BCUT2D eigenvalue weighted by molar-refractivity contribution is 6.04. The maximum atomic E-state index is 13.0. The van der Waals surface area contributed by atoms with Gasteiger partial charge in [0.25, 0.3) is 0 Å². The van der Waals surface area contributed by atoms with E-state index in [1.54, 1.807) is 12.1 Å². The van der Waals surface area contributed by atoms with E-state index < -0.39 is 54.5 Å². The van der Waals surface area contributed by atoms with E-state index in [-0.39, 0.29) is 18.4 Å². The van der Waals surface area contributed by atoms with Crippen LogP contribution < -0.4 is 4.90 Å². The monoisotopic (exact) mass is 524 g/mol. The number of morpholine rings is 1. The van der Waals surface area contributed by atoms with E-state index in [9.17, 15) is 19.2 Å². The zero-order valence-electron chi connectivity index (χ0n) is 20.8. The highest BCUT2D eigenvalue weighted by atomic mass is 16.6. The van der Waals surface area contributed by atoms with Gasteiger partial charge in [0.2, 0.25) is 0 Å². The van der Waals surface area contributed by atoms with Crippen LogP contribution in [0.25, 0.3) is 10.8 Å². The topological polar surface area (TPSA) is 119 Å². The highest BCUT2D eigenvalue weighted by Gasteiger charge is 2.70. The van der Waals surface area contributed by atoms with Crippen LogP contribution in [0.5, 0.6) is 0 Å². The molecule has 4 aliphatic rings. The predicted octanol–water partition coefficient (Wildman–Crippen LogP) is 0.174. The van der Waals surface area contributed by atoms with Crippen LogP contribution in [0.4, 0.5) is 0 Å². The fourth-order valence-electron chi connectivity index (χ4n) is 6.56. The molecule has 0 radical (unpaired) electrons. The van der Waals surface area contributed by atoms with Gasteiger partial charge in [0.1, 0.15) is 38.4 Å². The lowest BCUT2D eigenvalue weighted by Gasteiger charge is -2.30. The Morgan fingerprint density at radius 1 is 0.974 bits per heavy atom. The van der Waals surface area contributed by atoms with Crippen LogP contribution in [0.1, 0.15) is 16.8 Å². The lowest BCUT2D eigenvalue weighted by Crippen LogP contribution is -3.14. The van der Waals surface area contributed by atoms with E-state index in [4.69, 9.17) is 23.7 Å². The normalized spacial score (nSPS) is 29.7. The zero-order chi connectivity index (χ0) is 26.2. The number of nitrogens with one attached hydrogen (secondary N) is 1. The van der Waals surface area contributed by atoms with Gasteiger partial charge in [-0.25, -0.2) is 9.59 Å². The second-order valence-electron chi connectivity index (χ2n) is 10.4. The quantitative estimate of drug-likeness (QED) is 0.381. The summed E-state index contributed by atoms with van der Waals surface area (Å²) in [7, 11) is 0. The molecule has 2 saturated heterocycles. The highest BCUT2D eigenvalue weighted by Crippen LogP contribution is 2.59.